The number of rotatable bonds is 13. The van der Waals surface area contributed by atoms with Gasteiger partial charge in [0.05, 0.1) is 5.56 Å². The minimum absolute atomic E-state index is 0.274. The Kier molecular flexibility index (Phi) is 11.2. The monoisotopic (exact) mass is 462 g/mol. The molecule has 0 radical (unpaired) electrons. The van der Waals surface area contributed by atoms with E-state index in [0.29, 0.717) is 23.1 Å². The fraction of sp³-hybridized carbons (Fsp3) is 0.594. The number of hydrogen-bond donors (Lipinski definition) is 0. The van der Waals surface area contributed by atoms with Crippen LogP contribution in [0.15, 0.2) is 48.5 Å². The molecular weight excluding hydrogens is 416 g/mol. The van der Waals surface area contributed by atoms with Crippen LogP contribution in [0.1, 0.15) is 125 Å². The predicted molar refractivity (Wildman–Crippen MR) is 144 cm³/mol. The number of esters is 1. The summed E-state index contributed by atoms with van der Waals surface area (Å²) in [5, 5.41) is 0. The van der Waals surface area contributed by atoms with Gasteiger partial charge in [-0.25, -0.2) is 4.79 Å². The first kappa shape index (κ1) is 26.5. The third-order valence-corrected chi connectivity index (χ3v) is 7.85. The minimum Gasteiger partial charge on any atom is -0.423 e. The summed E-state index contributed by atoms with van der Waals surface area (Å²) in [6.45, 7) is 6.76. The van der Waals surface area contributed by atoms with Crippen LogP contribution in [0.5, 0.6) is 5.75 Å². The van der Waals surface area contributed by atoms with E-state index in [2.05, 4.69) is 45.0 Å². The molecule has 0 aromatic heterocycles. The summed E-state index contributed by atoms with van der Waals surface area (Å²) >= 11 is 0. The normalized spacial score (nSPS) is 19.0. The van der Waals surface area contributed by atoms with Crippen molar-refractivity contribution in [1.82, 2.24) is 0 Å². The molecule has 0 bridgehead atoms. The van der Waals surface area contributed by atoms with Crippen molar-refractivity contribution in [3.63, 3.8) is 0 Å². The first-order chi connectivity index (χ1) is 16.6. The lowest BCUT2D eigenvalue weighted by atomic mass is 9.77. The van der Waals surface area contributed by atoms with Crippen LogP contribution in [0.3, 0.4) is 0 Å². The minimum atomic E-state index is -0.274. The van der Waals surface area contributed by atoms with Crippen LogP contribution >= 0.6 is 0 Å². The van der Waals surface area contributed by atoms with E-state index in [4.69, 9.17) is 4.74 Å². The maximum atomic E-state index is 12.6. The van der Waals surface area contributed by atoms with Gasteiger partial charge in [-0.15, -0.1) is 0 Å². The second kappa shape index (κ2) is 14.3. The average molecular weight is 463 g/mol. The van der Waals surface area contributed by atoms with Crippen molar-refractivity contribution in [2.45, 2.75) is 110 Å². The molecule has 1 saturated carbocycles. The highest BCUT2D eigenvalue weighted by molar-refractivity contribution is 5.91. The zero-order chi connectivity index (χ0) is 24.2. The lowest BCUT2D eigenvalue weighted by molar-refractivity contribution is 0.0734. The molecule has 0 saturated heterocycles. The summed E-state index contributed by atoms with van der Waals surface area (Å²) in [5.74, 6) is 2.58. The van der Waals surface area contributed by atoms with Crippen LogP contribution in [0.4, 0.5) is 0 Å². The van der Waals surface area contributed by atoms with Crippen LogP contribution < -0.4 is 4.74 Å². The fourth-order valence-electron chi connectivity index (χ4n) is 5.30. The number of unbranched alkanes of at least 4 members (excludes halogenated alkanes) is 5. The Morgan fingerprint density at radius 1 is 0.853 bits per heavy atom. The molecule has 0 aliphatic heterocycles. The maximum absolute atomic E-state index is 12.6. The number of carbonyl (C=O) groups excluding carboxylic acids is 1. The van der Waals surface area contributed by atoms with Crippen LogP contribution in [-0.2, 0) is 6.42 Å². The van der Waals surface area contributed by atoms with E-state index in [1.54, 1.807) is 0 Å². The van der Waals surface area contributed by atoms with Gasteiger partial charge in [0.15, 0.2) is 0 Å². The summed E-state index contributed by atoms with van der Waals surface area (Å²) in [6, 6.07) is 16.1. The lowest BCUT2D eigenvalue weighted by Crippen LogP contribution is -2.14. The van der Waals surface area contributed by atoms with Crippen molar-refractivity contribution in [1.29, 1.82) is 0 Å². The SMILES string of the molecule is CCCCCCCCC1CCC(c2ccc(C(=O)Oc3ccc(CC(C)CC)cc3)cc2)CC1. The summed E-state index contributed by atoms with van der Waals surface area (Å²) < 4.78 is 5.62. The molecule has 1 unspecified atom stereocenters. The smallest absolute Gasteiger partial charge is 0.343 e. The third kappa shape index (κ3) is 8.60. The summed E-state index contributed by atoms with van der Waals surface area (Å²) in [4.78, 5) is 12.6. The van der Waals surface area contributed by atoms with Crippen molar-refractivity contribution in [3.8, 4) is 5.75 Å². The van der Waals surface area contributed by atoms with Crippen LogP contribution in [0, 0.1) is 11.8 Å². The van der Waals surface area contributed by atoms with Gasteiger partial charge < -0.3 is 4.74 Å². The van der Waals surface area contributed by atoms with Gasteiger partial charge in [-0.1, -0.05) is 96.4 Å². The average Bonchev–Trinajstić information content (AvgIpc) is 2.87. The van der Waals surface area contributed by atoms with Crippen molar-refractivity contribution in [2.75, 3.05) is 0 Å². The Bertz CT molecular complexity index is 828. The van der Waals surface area contributed by atoms with Gasteiger partial charge in [-0.05, 0) is 85.3 Å². The number of ether oxygens (including phenoxy) is 1. The highest BCUT2D eigenvalue weighted by Gasteiger charge is 2.22. The zero-order valence-corrected chi connectivity index (χ0v) is 21.9. The van der Waals surface area contributed by atoms with Crippen molar-refractivity contribution < 1.29 is 9.53 Å². The molecule has 0 amide bonds. The van der Waals surface area contributed by atoms with Crippen molar-refractivity contribution in [3.05, 3.63) is 65.2 Å². The van der Waals surface area contributed by atoms with Gasteiger partial charge >= 0.3 is 5.97 Å². The van der Waals surface area contributed by atoms with Gasteiger partial charge in [-0.3, -0.25) is 0 Å². The molecule has 3 rings (SSSR count). The van der Waals surface area contributed by atoms with Gasteiger partial charge in [-0.2, -0.15) is 0 Å². The van der Waals surface area contributed by atoms with E-state index < -0.39 is 0 Å². The first-order valence-corrected chi connectivity index (χ1v) is 14.0. The van der Waals surface area contributed by atoms with E-state index in [-0.39, 0.29) is 5.97 Å². The molecule has 2 heteroatoms. The number of hydrogen-bond acceptors (Lipinski definition) is 2. The largest absolute Gasteiger partial charge is 0.423 e. The zero-order valence-electron chi connectivity index (χ0n) is 21.9. The van der Waals surface area contributed by atoms with E-state index in [0.717, 1.165) is 12.3 Å². The lowest BCUT2D eigenvalue weighted by Gasteiger charge is -2.29. The first-order valence-electron chi connectivity index (χ1n) is 14.0. The quantitative estimate of drug-likeness (QED) is 0.168. The Hall–Kier alpha value is -2.09. The van der Waals surface area contributed by atoms with Crippen molar-refractivity contribution in [2.24, 2.45) is 11.8 Å². The van der Waals surface area contributed by atoms with Gasteiger partial charge in [0, 0.05) is 0 Å². The molecule has 0 heterocycles. The van der Waals surface area contributed by atoms with Gasteiger partial charge in [0.2, 0.25) is 0 Å². The van der Waals surface area contributed by atoms with Crippen LogP contribution in [0.25, 0.3) is 0 Å². The molecule has 1 aliphatic rings. The molecule has 34 heavy (non-hydrogen) atoms. The molecular formula is C32H46O2. The van der Waals surface area contributed by atoms with Crippen molar-refractivity contribution >= 4 is 5.97 Å². The van der Waals surface area contributed by atoms with E-state index in [1.165, 1.54) is 88.2 Å². The highest BCUT2D eigenvalue weighted by atomic mass is 16.5. The Morgan fingerprint density at radius 2 is 1.50 bits per heavy atom. The molecule has 2 nitrogen and oxygen atoms in total. The summed E-state index contributed by atoms with van der Waals surface area (Å²) in [7, 11) is 0. The maximum Gasteiger partial charge on any atom is 0.343 e. The molecule has 2 aromatic rings. The fourth-order valence-corrected chi connectivity index (χ4v) is 5.30. The molecule has 1 atom stereocenters. The molecule has 1 fully saturated rings. The second-order valence-corrected chi connectivity index (χ2v) is 10.6. The third-order valence-electron chi connectivity index (χ3n) is 7.85. The van der Waals surface area contributed by atoms with Gasteiger partial charge in [0.1, 0.15) is 5.75 Å². The van der Waals surface area contributed by atoms with Crippen LogP contribution in [0.2, 0.25) is 0 Å². The summed E-state index contributed by atoms with van der Waals surface area (Å²) in [5.41, 5.74) is 3.30. The Morgan fingerprint density at radius 3 is 2.15 bits per heavy atom. The topological polar surface area (TPSA) is 26.3 Å². The molecule has 186 valence electrons. The second-order valence-electron chi connectivity index (χ2n) is 10.6. The standard InChI is InChI=1S/C32H46O2/c1-4-6-7-8-9-10-11-26-12-16-28(17-13-26)29-18-20-30(21-19-29)32(33)34-31-22-14-27(15-23-31)24-25(3)5-2/h14-15,18-23,25-26,28H,4-13,16-17,24H2,1-3H3. The predicted octanol–water partition coefficient (Wildman–Crippen LogP) is 9.52. The Balaban J connectivity index is 1.41. The van der Waals surface area contributed by atoms with E-state index in [1.807, 2.05) is 24.3 Å². The molecule has 1 aliphatic carbocycles. The highest BCUT2D eigenvalue weighted by Crippen LogP contribution is 2.38. The summed E-state index contributed by atoms with van der Waals surface area (Å²) in [6.07, 6.45) is 17.3. The molecule has 0 N–H and O–H groups in total. The van der Waals surface area contributed by atoms with Gasteiger partial charge in [0.25, 0.3) is 0 Å². The number of benzene rings is 2. The van der Waals surface area contributed by atoms with E-state index in [9.17, 15) is 4.79 Å². The molecule has 0 spiro atoms. The Labute approximate surface area is 208 Å². The molecule has 2 aromatic carbocycles. The number of carbonyl (C=O) groups is 1. The van der Waals surface area contributed by atoms with E-state index >= 15 is 0 Å². The van der Waals surface area contributed by atoms with Crippen LogP contribution in [-0.4, -0.2) is 5.97 Å².